The van der Waals surface area contributed by atoms with Crippen molar-refractivity contribution in [2.45, 2.75) is 13.8 Å². The van der Waals surface area contributed by atoms with Crippen molar-refractivity contribution in [3.63, 3.8) is 0 Å². The quantitative estimate of drug-likeness (QED) is 0.902. The third-order valence-corrected chi connectivity index (χ3v) is 3.04. The summed E-state index contributed by atoms with van der Waals surface area (Å²) in [5, 5.41) is 9.11. The lowest BCUT2D eigenvalue weighted by atomic mass is 10.1. The Morgan fingerprint density at radius 2 is 1.79 bits per heavy atom. The Morgan fingerprint density at radius 3 is 2.32 bits per heavy atom. The van der Waals surface area contributed by atoms with Crippen molar-refractivity contribution in [1.82, 2.24) is 4.57 Å². The lowest BCUT2D eigenvalue weighted by molar-refractivity contribution is 0.0693. The van der Waals surface area contributed by atoms with Gasteiger partial charge in [-0.3, -0.25) is 9.36 Å². The minimum absolute atomic E-state index is 0.260. The molecule has 0 atom stereocenters. The summed E-state index contributed by atoms with van der Waals surface area (Å²) >= 11 is 0. The second-order valence-corrected chi connectivity index (χ2v) is 4.27. The number of aryl methyl sites for hydroxylation is 1. The largest absolute Gasteiger partial charge is 0.477 e. The van der Waals surface area contributed by atoms with Crippen LogP contribution in [0.5, 0.6) is 0 Å². The molecule has 4 nitrogen and oxygen atoms in total. The molecule has 0 saturated heterocycles. The van der Waals surface area contributed by atoms with Crippen molar-refractivity contribution < 1.29 is 14.3 Å². The summed E-state index contributed by atoms with van der Waals surface area (Å²) in [5.41, 5.74) is 0.667. The standard InChI is InChI=1S/C14H12FNO3/c1-8-7-16(11-5-3-10(15)4-6-11)13(17)12(9(8)2)14(18)19/h3-7H,1-2H3,(H,18,19). The maximum atomic E-state index is 12.9. The fourth-order valence-corrected chi connectivity index (χ4v) is 1.87. The second-order valence-electron chi connectivity index (χ2n) is 4.27. The topological polar surface area (TPSA) is 59.3 Å². The van der Waals surface area contributed by atoms with Gasteiger partial charge in [0, 0.05) is 11.9 Å². The zero-order valence-electron chi connectivity index (χ0n) is 10.5. The number of aromatic carboxylic acids is 1. The van der Waals surface area contributed by atoms with Crippen LogP contribution in [0.4, 0.5) is 4.39 Å². The molecule has 0 aliphatic heterocycles. The number of halogens is 1. The van der Waals surface area contributed by atoms with E-state index in [1.165, 1.54) is 28.8 Å². The number of hydrogen-bond acceptors (Lipinski definition) is 2. The average molecular weight is 261 g/mol. The first-order valence-corrected chi connectivity index (χ1v) is 5.64. The fraction of sp³-hybridized carbons (Fsp3) is 0.143. The number of benzene rings is 1. The lowest BCUT2D eigenvalue weighted by Gasteiger charge is -2.11. The highest BCUT2D eigenvalue weighted by molar-refractivity contribution is 5.89. The maximum Gasteiger partial charge on any atom is 0.341 e. The molecule has 0 spiro atoms. The number of pyridine rings is 1. The lowest BCUT2D eigenvalue weighted by Crippen LogP contribution is -2.27. The maximum absolute atomic E-state index is 12.9. The van der Waals surface area contributed by atoms with Crippen LogP contribution < -0.4 is 5.56 Å². The summed E-state index contributed by atoms with van der Waals surface area (Å²) < 4.78 is 14.1. The van der Waals surface area contributed by atoms with Crippen LogP contribution in [0.25, 0.3) is 5.69 Å². The van der Waals surface area contributed by atoms with Crippen LogP contribution in [0.15, 0.2) is 35.3 Å². The van der Waals surface area contributed by atoms with Crippen molar-refractivity contribution in [1.29, 1.82) is 0 Å². The number of carboxylic acid groups (broad SMARTS) is 1. The Bertz CT molecular complexity index is 702. The summed E-state index contributed by atoms with van der Waals surface area (Å²) in [4.78, 5) is 23.3. The van der Waals surface area contributed by atoms with E-state index >= 15 is 0 Å². The van der Waals surface area contributed by atoms with E-state index in [0.29, 0.717) is 16.8 Å². The van der Waals surface area contributed by atoms with Gasteiger partial charge in [0.2, 0.25) is 0 Å². The van der Waals surface area contributed by atoms with Crippen LogP contribution in [-0.4, -0.2) is 15.6 Å². The van der Waals surface area contributed by atoms with E-state index < -0.39 is 17.3 Å². The molecule has 98 valence electrons. The van der Waals surface area contributed by atoms with Crippen LogP contribution in [-0.2, 0) is 0 Å². The SMILES string of the molecule is Cc1cn(-c2ccc(F)cc2)c(=O)c(C(=O)O)c1C. The summed E-state index contributed by atoms with van der Waals surface area (Å²) in [6, 6.07) is 5.29. The van der Waals surface area contributed by atoms with E-state index in [1.807, 2.05) is 0 Å². The van der Waals surface area contributed by atoms with Gasteiger partial charge < -0.3 is 5.11 Å². The zero-order chi connectivity index (χ0) is 14.2. The molecular formula is C14H12FNO3. The summed E-state index contributed by atoms with van der Waals surface area (Å²) in [5.74, 6) is -1.68. The highest BCUT2D eigenvalue weighted by atomic mass is 19.1. The van der Waals surface area contributed by atoms with Crippen LogP contribution in [0, 0.1) is 19.7 Å². The van der Waals surface area contributed by atoms with Gasteiger partial charge in [-0.15, -0.1) is 0 Å². The van der Waals surface area contributed by atoms with E-state index in [9.17, 15) is 14.0 Å². The highest BCUT2D eigenvalue weighted by Gasteiger charge is 2.17. The van der Waals surface area contributed by atoms with Gasteiger partial charge in [0.25, 0.3) is 5.56 Å². The van der Waals surface area contributed by atoms with Crippen LogP contribution in [0.1, 0.15) is 21.5 Å². The van der Waals surface area contributed by atoms with Crippen molar-refractivity contribution >= 4 is 5.97 Å². The molecule has 1 aromatic heterocycles. The number of rotatable bonds is 2. The molecule has 0 saturated carbocycles. The molecule has 0 amide bonds. The minimum atomic E-state index is -1.26. The monoisotopic (exact) mass is 261 g/mol. The van der Waals surface area contributed by atoms with E-state index in [4.69, 9.17) is 5.11 Å². The molecule has 2 aromatic rings. The van der Waals surface area contributed by atoms with Crippen molar-refractivity contribution in [3.8, 4) is 5.69 Å². The van der Waals surface area contributed by atoms with Crippen LogP contribution >= 0.6 is 0 Å². The van der Waals surface area contributed by atoms with E-state index in [1.54, 1.807) is 20.0 Å². The normalized spacial score (nSPS) is 10.5. The molecular weight excluding hydrogens is 249 g/mol. The number of carboxylic acids is 1. The Morgan fingerprint density at radius 1 is 1.21 bits per heavy atom. The molecule has 0 aliphatic rings. The average Bonchev–Trinajstić information content (AvgIpc) is 2.35. The Labute approximate surface area is 108 Å². The molecule has 5 heteroatoms. The first kappa shape index (κ1) is 13.0. The van der Waals surface area contributed by atoms with Gasteiger partial charge in [0.1, 0.15) is 11.4 Å². The van der Waals surface area contributed by atoms with Gasteiger partial charge >= 0.3 is 5.97 Å². The molecule has 0 bridgehead atoms. The molecule has 1 aromatic carbocycles. The molecule has 0 fully saturated rings. The number of nitrogens with zero attached hydrogens (tertiary/aromatic N) is 1. The molecule has 0 unspecified atom stereocenters. The van der Waals surface area contributed by atoms with Crippen LogP contribution in [0.2, 0.25) is 0 Å². The molecule has 19 heavy (non-hydrogen) atoms. The van der Waals surface area contributed by atoms with Gasteiger partial charge in [-0.1, -0.05) is 0 Å². The fourth-order valence-electron chi connectivity index (χ4n) is 1.87. The minimum Gasteiger partial charge on any atom is -0.477 e. The Kier molecular flexibility index (Phi) is 3.21. The van der Waals surface area contributed by atoms with Gasteiger partial charge in [0.15, 0.2) is 0 Å². The molecule has 2 rings (SSSR count). The summed E-state index contributed by atoms with van der Waals surface area (Å²) in [7, 11) is 0. The summed E-state index contributed by atoms with van der Waals surface area (Å²) in [6.45, 7) is 3.32. The number of carbonyl (C=O) groups is 1. The predicted octanol–water partition coefficient (Wildman–Crippen LogP) is 2.29. The van der Waals surface area contributed by atoms with Crippen molar-refractivity contribution in [3.05, 3.63) is 63.3 Å². The van der Waals surface area contributed by atoms with E-state index in [2.05, 4.69) is 0 Å². The van der Waals surface area contributed by atoms with E-state index in [-0.39, 0.29) is 5.56 Å². The first-order chi connectivity index (χ1) is 8.91. The third-order valence-electron chi connectivity index (χ3n) is 3.04. The van der Waals surface area contributed by atoms with Gasteiger partial charge in [-0.25, -0.2) is 9.18 Å². The Balaban J connectivity index is 2.75. The van der Waals surface area contributed by atoms with E-state index in [0.717, 1.165) is 0 Å². The molecule has 0 aliphatic carbocycles. The Hall–Kier alpha value is -2.43. The smallest absolute Gasteiger partial charge is 0.341 e. The number of aromatic nitrogens is 1. The van der Waals surface area contributed by atoms with Gasteiger partial charge in [-0.2, -0.15) is 0 Å². The molecule has 0 radical (unpaired) electrons. The first-order valence-electron chi connectivity index (χ1n) is 5.64. The zero-order valence-corrected chi connectivity index (χ0v) is 10.5. The highest BCUT2D eigenvalue weighted by Crippen LogP contribution is 2.13. The van der Waals surface area contributed by atoms with Gasteiger partial charge in [0.05, 0.1) is 0 Å². The third kappa shape index (κ3) is 2.27. The second kappa shape index (κ2) is 4.68. The molecule has 1 N–H and O–H groups in total. The number of hydrogen-bond donors (Lipinski definition) is 1. The van der Waals surface area contributed by atoms with Crippen LogP contribution in [0.3, 0.4) is 0 Å². The summed E-state index contributed by atoms with van der Waals surface area (Å²) in [6.07, 6.45) is 1.55. The van der Waals surface area contributed by atoms with Crippen molar-refractivity contribution in [2.75, 3.05) is 0 Å². The predicted molar refractivity (Wildman–Crippen MR) is 68.4 cm³/mol. The van der Waals surface area contributed by atoms with Gasteiger partial charge in [-0.05, 0) is 49.2 Å². The van der Waals surface area contributed by atoms with Crippen molar-refractivity contribution in [2.24, 2.45) is 0 Å². The molecule has 1 heterocycles.